The van der Waals surface area contributed by atoms with Gasteiger partial charge in [0.2, 0.25) is 0 Å². The number of rotatable bonds is 7. The number of hydrogen-bond acceptors (Lipinski definition) is 5. The number of nitrogens with one attached hydrogen (secondary N) is 2. The fraction of sp³-hybridized carbons (Fsp3) is 0.179. The molecule has 0 aromatic heterocycles. The lowest BCUT2D eigenvalue weighted by molar-refractivity contribution is -0.120. The molecule has 0 unspecified atom stereocenters. The predicted molar refractivity (Wildman–Crippen MR) is 142 cm³/mol. The number of ether oxygens (including phenoxy) is 1. The first-order chi connectivity index (χ1) is 17.1. The minimum absolute atomic E-state index is 0.0383. The van der Waals surface area contributed by atoms with E-state index in [2.05, 4.69) is 10.6 Å². The Labute approximate surface area is 214 Å². The van der Waals surface area contributed by atoms with Gasteiger partial charge in [-0.25, -0.2) is 4.90 Å². The Kier molecular flexibility index (Phi) is 7.12. The standard InChI is InChI=1S/C28H26ClN3O4/c1-16(2)36-22-13-9-20(10-14-22)30-26(33)19-8-7-18(4)23(15-19)31-25-24(29)27(34)32(28(25)35)21-11-5-17(3)6-12-21/h5-16,31H,1-4H3,(H,30,33). The highest BCUT2D eigenvalue weighted by Crippen LogP contribution is 2.31. The quantitative estimate of drug-likeness (QED) is 0.399. The molecule has 4 rings (SSSR count). The smallest absolute Gasteiger partial charge is 0.283 e. The SMILES string of the molecule is Cc1ccc(N2C(=O)C(Cl)=C(Nc3cc(C(=O)Nc4ccc(OC(C)C)cc4)ccc3C)C2=O)cc1. The number of nitrogens with zero attached hydrogens (tertiary/aromatic N) is 1. The van der Waals surface area contributed by atoms with Crippen molar-refractivity contribution in [2.45, 2.75) is 33.8 Å². The van der Waals surface area contributed by atoms with Crippen molar-refractivity contribution in [2.24, 2.45) is 0 Å². The molecule has 3 amide bonds. The first-order valence-electron chi connectivity index (χ1n) is 11.4. The molecule has 1 heterocycles. The van der Waals surface area contributed by atoms with Crippen molar-refractivity contribution in [1.82, 2.24) is 0 Å². The van der Waals surface area contributed by atoms with E-state index in [0.29, 0.717) is 28.4 Å². The van der Waals surface area contributed by atoms with Gasteiger partial charge in [0.15, 0.2) is 0 Å². The largest absolute Gasteiger partial charge is 0.491 e. The second kappa shape index (κ2) is 10.3. The second-order valence-corrected chi connectivity index (χ2v) is 9.15. The molecule has 7 nitrogen and oxygen atoms in total. The summed E-state index contributed by atoms with van der Waals surface area (Å²) < 4.78 is 5.63. The van der Waals surface area contributed by atoms with Gasteiger partial charge < -0.3 is 15.4 Å². The zero-order valence-corrected chi connectivity index (χ0v) is 21.1. The van der Waals surface area contributed by atoms with Crippen LogP contribution in [0.25, 0.3) is 0 Å². The van der Waals surface area contributed by atoms with Crippen molar-refractivity contribution in [3.05, 3.63) is 94.1 Å². The number of amides is 3. The molecule has 2 N–H and O–H groups in total. The predicted octanol–water partition coefficient (Wildman–Crippen LogP) is 5.78. The minimum Gasteiger partial charge on any atom is -0.491 e. The monoisotopic (exact) mass is 503 g/mol. The van der Waals surface area contributed by atoms with Gasteiger partial charge in [-0.3, -0.25) is 14.4 Å². The number of benzene rings is 3. The molecule has 36 heavy (non-hydrogen) atoms. The average molecular weight is 504 g/mol. The number of carbonyl (C=O) groups excluding carboxylic acids is 3. The third-order valence-corrected chi connectivity index (χ3v) is 5.91. The van der Waals surface area contributed by atoms with Gasteiger partial charge in [0.25, 0.3) is 17.7 Å². The van der Waals surface area contributed by atoms with Gasteiger partial charge in [-0.05, 0) is 81.8 Å². The van der Waals surface area contributed by atoms with Gasteiger partial charge in [0, 0.05) is 16.9 Å². The second-order valence-electron chi connectivity index (χ2n) is 8.77. The summed E-state index contributed by atoms with van der Waals surface area (Å²) in [6.45, 7) is 7.62. The lowest BCUT2D eigenvalue weighted by atomic mass is 10.1. The zero-order valence-electron chi connectivity index (χ0n) is 20.4. The zero-order chi connectivity index (χ0) is 26.0. The van der Waals surface area contributed by atoms with E-state index in [-0.39, 0.29) is 22.7 Å². The van der Waals surface area contributed by atoms with Crippen molar-refractivity contribution in [1.29, 1.82) is 0 Å². The summed E-state index contributed by atoms with van der Waals surface area (Å²) in [7, 11) is 0. The Morgan fingerprint density at radius 1 is 0.917 bits per heavy atom. The molecule has 0 atom stereocenters. The maximum atomic E-state index is 13.1. The molecule has 1 aliphatic rings. The van der Waals surface area contributed by atoms with Crippen LogP contribution >= 0.6 is 11.6 Å². The van der Waals surface area contributed by atoms with E-state index >= 15 is 0 Å². The molecule has 0 saturated carbocycles. The number of halogens is 1. The number of imide groups is 1. The first kappa shape index (κ1) is 25.0. The Morgan fingerprint density at radius 2 is 1.58 bits per heavy atom. The van der Waals surface area contributed by atoms with Gasteiger partial charge >= 0.3 is 0 Å². The molecule has 8 heteroatoms. The molecule has 0 saturated heterocycles. The maximum Gasteiger partial charge on any atom is 0.283 e. The summed E-state index contributed by atoms with van der Waals surface area (Å²) in [5, 5.41) is 5.61. The highest BCUT2D eigenvalue weighted by atomic mass is 35.5. The van der Waals surface area contributed by atoms with E-state index in [9.17, 15) is 14.4 Å². The van der Waals surface area contributed by atoms with Gasteiger partial charge in [0.1, 0.15) is 16.5 Å². The van der Waals surface area contributed by atoms with Crippen molar-refractivity contribution in [3.63, 3.8) is 0 Å². The van der Waals surface area contributed by atoms with Gasteiger partial charge in [-0.15, -0.1) is 0 Å². The number of hydrogen-bond donors (Lipinski definition) is 2. The fourth-order valence-corrected chi connectivity index (χ4v) is 3.88. The third-order valence-electron chi connectivity index (χ3n) is 5.56. The normalized spacial score (nSPS) is 13.4. The van der Waals surface area contributed by atoms with Crippen LogP contribution in [0.3, 0.4) is 0 Å². The highest BCUT2D eigenvalue weighted by molar-refractivity contribution is 6.53. The maximum absolute atomic E-state index is 13.1. The number of carbonyl (C=O) groups is 3. The van der Waals surface area contributed by atoms with E-state index in [1.165, 1.54) is 0 Å². The van der Waals surface area contributed by atoms with Crippen LogP contribution in [0.15, 0.2) is 77.5 Å². The van der Waals surface area contributed by atoms with Crippen LogP contribution < -0.4 is 20.3 Å². The molecule has 1 aliphatic heterocycles. The summed E-state index contributed by atoms with van der Waals surface area (Å²) in [4.78, 5) is 39.8. The van der Waals surface area contributed by atoms with E-state index in [1.807, 2.05) is 39.8 Å². The van der Waals surface area contributed by atoms with Gasteiger partial charge in [-0.1, -0.05) is 35.4 Å². The van der Waals surface area contributed by atoms with Crippen LogP contribution in [0.2, 0.25) is 0 Å². The van der Waals surface area contributed by atoms with Crippen molar-refractivity contribution < 1.29 is 19.1 Å². The Morgan fingerprint density at radius 3 is 2.22 bits per heavy atom. The lowest BCUT2D eigenvalue weighted by Crippen LogP contribution is -2.32. The van der Waals surface area contributed by atoms with Crippen LogP contribution in [0.5, 0.6) is 5.75 Å². The summed E-state index contributed by atoms with van der Waals surface area (Å²) in [6, 6.07) is 19.1. The summed E-state index contributed by atoms with van der Waals surface area (Å²) in [6.07, 6.45) is 0.0542. The van der Waals surface area contributed by atoms with Gasteiger partial charge in [0.05, 0.1) is 11.8 Å². The van der Waals surface area contributed by atoms with E-state index in [0.717, 1.165) is 16.0 Å². The molecule has 3 aromatic rings. The van der Waals surface area contributed by atoms with Crippen LogP contribution in [-0.4, -0.2) is 23.8 Å². The van der Waals surface area contributed by atoms with Crippen molar-refractivity contribution in [3.8, 4) is 5.75 Å². The molecule has 0 spiro atoms. The number of aryl methyl sites for hydroxylation is 2. The molecule has 0 fully saturated rings. The molecule has 184 valence electrons. The molecule has 3 aromatic carbocycles. The highest BCUT2D eigenvalue weighted by Gasteiger charge is 2.39. The summed E-state index contributed by atoms with van der Waals surface area (Å²) in [5.41, 5.74) is 3.64. The van der Waals surface area contributed by atoms with Crippen LogP contribution in [0.4, 0.5) is 17.1 Å². The lowest BCUT2D eigenvalue weighted by Gasteiger charge is -2.16. The third kappa shape index (κ3) is 5.26. The molecular weight excluding hydrogens is 478 g/mol. The van der Waals surface area contributed by atoms with E-state index < -0.39 is 11.8 Å². The molecule has 0 bridgehead atoms. The van der Waals surface area contributed by atoms with Crippen LogP contribution in [0, 0.1) is 13.8 Å². The Bertz CT molecular complexity index is 1360. The molecule has 0 aliphatic carbocycles. The number of anilines is 3. The van der Waals surface area contributed by atoms with Gasteiger partial charge in [-0.2, -0.15) is 0 Å². The van der Waals surface area contributed by atoms with E-state index in [4.69, 9.17) is 16.3 Å². The Balaban J connectivity index is 1.52. The topological polar surface area (TPSA) is 87.7 Å². The summed E-state index contributed by atoms with van der Waals surface area (Å²) >= 11 is 6.27. The summed E-state index contributed by atoms with van der Waals surface area (Å²) in [5.74, 6) is -0.785. The molecule has 0 radical (unpaired) electrons. The van der Waals surface area contributed by atoms with E-state index in [1.54, 1.807) is 54.6 Å². The fourth-order valence-electron chi connectivity index (χ4n) is 3.66. The first-order valence-corrected chi connectivity index (χ1v) is 11.8. The van der Waals surface area contributed by atoms with Crippen molar-refractivity contribution in [2.75, 3.05) is 15.5 Å². The Hall–Kier alpha value is -4.10. The average Bonchev–Trinajstić information content (AvgIpc) is 3.05. The van der Waals surface area contributed by atoms with Crippen LogP contribution in [-0.2, 0) is 9.59 Å². The van der Waals surface area contributed by atoms with Crippen molar-refractivity contribution >= 4 is 46.4 Å². The molecular formula is C28H26ClN3O4. The van der Waals surface area contributed by atoms with Crippen LogP contribution in [0.1, 0.15) is 35.3 Å². The minimum atomic E-state index is -0.607.